The molecule has 0 spiro atoms. The minimum absolute atomic E-state index is 0.00294. The molecule has 0 amide bonds. The van der Waals surface area contributed by atoms with Crippen molar-refractivity contribution in [2.45, 2.75) is 31.5 Å². The maximum atomic E-state index is 12.5. The molecule has 106 valence electrons. The van der Waals surface area contributed by atoms with Crippen LogP contribution >= 0.6 is 11.6 Å². The van der Waals surface area contributed by atoms with Crippen molar-refractivity contribution >= 4 is 17.4 Å². The van der Waals surface area contributed by atoms with Gasteiger partial charge in [-0.3, -0.25) is 0 Å². The second kappa shape index (κ2) is 5.92. The van der Waals surface area contributed by atoms with Gasteiger partial charge >= 0.3 is 6.18 Å². The zero-order chi connectivity index (χ0) is 13.9. The molecule has 0 bridgehead atoms. The zero-order valence-electron chi connectivity index (χ0n) is 10.0. The highest BCUT2D eigenvalue weighted by molar-refractivity contribution is 6.29. The molecule has 1 saturated heterocycles. The molecule has 2 heterocycles. The molecule has 1 aliphatic rings. The molecule has 8 heteroatoms. The van der Waals surface area contributed by atoms with Crippen LogP contribution in [0.1, 0.15) is 25.1 Å². The lowest BCUT2D eigenvalue weighted by atomic mass is 10.1. The Morgan fingerprint density at radius 2 is 2.16 bits per heavy atom. The molecule has 0 aliphatic carbocycles. The molecule has 1 aromatic rings. The van der Waals surface area contributed by atoms with Crippen LogP contribution in [0.5, 0.6) is 0 Å². The van der Waals surface area contributed by atoms with Gasteiger partial charge in [-0.15, -0.1) is 0 Å². The molecule has 2 rings (SSSR count). The summed E-state index contributed by atoms with van der Waals surface area (Å²) in [6, 6.07) is 1.26. The molecule has 1 unspecified atom stereocenters. The predicted octanol–water partition coefficient (Wildman–Crippen LogP) is 3.13. The van der Waals surface area contributed by atoms with Crippen LogP contribution < -0.4 is 5.32 Å². The van der Waals surface area contributed by atoms with Gasteiger partial charge in [0.1, 0.15) is 11.0 Å². The van der Waals surface area contributed by atoms with Crippen LogP contribution in [0.4, 0.5) is 19.0 Å². The lowest BCUT2D eigenvalue weighted by Crippen LogP contribution is -2.27. The van der Waals surface area contributed by atoms with E-state index in [1.807, 2.05) is 0 Å². The van der Waals surface area contributed by atoms with Gasteiger partial charge in [-0.1, -0.05) is 11.6 Å². The van der Waals surface area contributed by atoms with E-state index in [0.29, 0.717) is 13.2 Å². The summed E-state index contributed by atoms with van der Waals surface area (Å²) >= 11 is 5.56. The first-order valence-electron chi connectivity index (χ1n) is 5.92. The molecule has 0 radical (unpaired) electrons. The molecular weight excluding hydrogens is 283 g/mol. The third-order valence-corrected chi connectivity index (χ3v) is 2.93. The van der Waals surface area contributed by atoms with Crippen LogP contribution in [-0.4, -0.2) is 29.2 Å². The normalized spacial score (nSPS) is 20.3. The Morgan fingerprint density at radius 3 is 2.79 bits per heavy atom. The summed E-state index contributed by atoms with van der Waals surface area (Å²) in [6.07, 6.45) is -1.64. The van der Waals surface area contributed by atoms with E-state index >= 15 is 0 Å². The first-order chi connectivity index (χ1) is 8.95. The van der Waals surface area contributed by atoms with Crippen LogP contribution in [0, 0.1) is 0 Å². The number of ether oxygens (including phenoxy) is 1. The van der Waals surface area contributed by atoms with Crippen molar-refractivity contribution in [3.63, 3.8) is 0 Å². The molecule has 1 fully saturated rings. The van der Waals surface area contributed by atoms with Crippen LogP contribution in [0.3, 0.4) is 0 Å². The number of nitrogens with zero attached hydrogens (tertiary/aromatic N) is 2. The second-order valence-electron chi connectivity index (χ2n) is 4.27. The fourth-order valence-electron chi connectivity index (χ4n) is 1.82. The topological polar surface area (TPSA) is 47.0 Å². The second-order valence-corrected chi connectivity index (χ2v) is 4.65. The van der Waals surface area contributed by atoms with Crippen molar-refractivity contribution in [2.24, 2.45) is 0 Å². The third kappa shape index (κ3) is 4.21. The Hall–Kier alpha value is -1.08. The Bertz CT molecular complexity index is 436. The molecule has 4 nitrogen and oxygen atoms in total. The Balaban J connectivity index is 2.01. The quantitative estimate of drug-likeness (QED) is 0.870. The predicted molar refractivity (Wildman–Crippen MR) is 64.1 cm³/mol. The first kappa shape index (κ1) is 14.3. The summed E-state index contributed by atoms with van der Waals surface area (Å²) < 4.78 is 43.0. The number of halogens is 4. The average molecular weight is 296 g/mol. The maximum absolute atomic E-state index is 12.5. The molecule has 1 aliphatic heterocycles. The molecule has 1 aromatic heterocycles. The highest BCUT2D eigenvalue weighted by Gasteiger charge is 2.35. The molecule has 1 atom stereocenters. The van der Waals surface area contributed by atoms with Crippen molar-refractivity contribution in [1.29, 1.82) is 0 Å². The monoisotopic (exact) mass is 295 g/mol. The lowest BCUT2D eigenvalue weighted by molar-refractivity contribution is -0.144. The van der Waals surface area contributed by atoms with Gasteiger partial charge in [0.2, 0.25) is 5.82 Å². The van der Waals surface area contributed by atoms with Crippen molar-refractivity contribution in [3.05, 3.63) is 17.0 Å². The molecule has 0 saturated carbocycles. The summed E-state index contributed by atoms with van der Waals surface area (Å²) in [5, 5.41) is 2.57. The molecule has 19 heavy (non-hydrogen) atoms. The lowest BCUT2D eigenvalue weighted by Gasteiger charge is -2.23. The largest absolute Gasteiger partial charge is 0.451 e. The average Bonchev–Trinajstić information content (AvgIpc) is 2.36. The van der Waals surface area contributed by atoms with Gasteiger partial charge in [0.25, 0.3) is 0 Å². The fourth-order valence-corrected chi connectivity index (χ4v) is 2.01. The Labute approximate surface area is 113 Å². The van der Waals surface area contributed by atoms with E-state index in [0.717, 1.165) is 19.3 Å². The minimum atomic E-state index is -4.61. The van der Waals surface area contributed by atoms with Crippen LogP contribution in [0.25, 0.3) is 0 Å². The minimum Gasteiger partial charge on any atom is -0.376 e. The van der Waals surface area contributed by atoms with Gasteiger partial charge in [-0.25, -0.2) is 9.97 Å². The number of aromatic nitrogens is 2. The summed E-state index contributed by atoms with van der Waals surface area (Å²) in [7, 11) is 0. The van der Waals surface area contributed by atoms with E-state index in [1.165, 1.54) is 6.07 Å². The number of nitrogens with one attached hydrogen (secondary N) is 1. The summed E-state index contributed by atoms with van der Waals surface area (Å²) in [5.74, 6) is -1.19. The summed E-state index contributed by atoms with van der Waals surface area (Å²) in [4.78, 5) is 6.56. The van der Waals surface area contributed by atoms with Gasteiger partial charge in [0, 0.05) is 19.2 Å². The van der Waals surface area contributed by atoms with Gasteiger partial charge < -0.3 is 10.1 Å². The van der Waals surface area contributed by atoms with Gasteiger partial charge in [0.15, 0.2) is 0 Å². The van der Waals surface area contributed by atoms with Gasteiger partial charge in [-0.2, -0.15) is 13.2 Å². The van der Waals surface area contributed by atoms with E-state index in [2.05, 4.69) is 15.3 Å². The van der Waals surface area contributed by atoms with E-state index in [1.54, 1.807) is 0 Å². The van der Waals surface area contributed by atoms with Crippen molar-refractivity contribution < 1.29 is 17.9 Å². The Kier molecular flexibility index (Phi) is 4.46. The number of anilines is 1. The van der Waals surface area contributed by atoms with Crippen LogP contribution in [0.15, 0.2) is 6.07 Å². The standard InChI is InChI=1S/C11H13ClF3N3O/c12-8-5-9(18-10(17-8)11(13,14)15)16-6-7-3-1-2-4-19-7/h5,7H,1-4,6H2,(H,16,17,18). The highest BCUT2D eigenvalue weighted by Crippen LogP contribution is 2.28. The molecular formula is C11H13ClF3N3O. The Morgan fingerprint density at radius 1 is 1.37 bits per heavy atom. The van der Waals surface area contributed by atoms with Crippen molar-refractivity contribution in [2.75, 3.05) is 18.5 Å². The highest BCUT2D eigenvalue weighted by atomic mass is 35.5. The smallest absolute Gasteiger partial charge is 0.376 e. The SMILES string of the molecule is FC(F)(F)c1nc(Cl)cc(NCC2CCCCO2)n1. The third-order valence-electron chi connectivity index (χ3n) is 2.73. The summed E-state index contributed by atoms with van der Waals surface area (Å²) in [6.45, 7) is 1.09. The number of alkyl halides is 3. The number of hydrogen-bond acceptors (Lipinski definition) is 4. The first-order valence-corrected chi connectivity index (χ1v) is 6.30. The van der Waals surface area contributed by atoms with Crippen molar-refractivity contribution in [1.82, 2.24) is 9.97 Å². The van der Waals surface area contributed by atoms with Gasteiger partial charge in [-0.05, 0) is 19.3 Å². The molecule has 0 aromatic carbocycles. The molecule has 1 N–H and O–H groups in total. The fraction of sp³-hybridized carbons (Fsp3) is 0.636. The van der Waals surface area contributed by atoms with Crippen LogP contribution in [-0.2, 0) is 10.9 Å². The van der Waals surface area contributed by atoms with Crippen molar-refractivity contribution in [3.8, 4) is 0 Å². The van der Waals surface area contributed by atoms with E-state index in [9.17, 15) is 13.2 Å². The maximum Gasteiger partial charge on any atom is 0.451 e. The summed E-state index contributed by atoms with van der Waals surface area (Å²) in [5.41, 5.74) is 0. The van der Waals surface area contributed by atoms with E-state index in [-0.39, 0.29) is 17.1 Å². The number of hydrogen-bond donors (Lipinski definition) is 1. The van der Waals surface area contributed by atoms with Crippen LogP contribution in [0.2, 0.25) is 5.15 Å². The number of rotatable bonds is 3. The van der Waals surface area contributed by atoms with Gasteiger partial charge in [0.05, 0.1) is 6.10 Å². The zero-order valence-corrected chi connectivity index (χ0v) is 10.8. The van der Waals surface area contributed by atoms with E-state index < -0.39 is 12.0 Å². The van der Waals surface area contributed by atoms with E-state index in [4.69, 9.17) is 16.3 Å².